The Morgan fingerprint density at radius 2 is 2.07 bits per heavy atom. The van der Waals surface area contributed by atoms with Gasteiger partial charge in [0, 0.05) is 10.7 Å². The molecule has 0 bridgehead atoms. The third kappa shape index (κ3) is 2.30. The number of hydrogen-bond donors (Lipinski definition) is 1. The minimum absolute atomic E-state index is 0.260. The van der Waals surface area contributed by atoms with Crippen LogP contribution in [0.3, 0.4) is 0 Å². The van der Waals surface area contributed by atoms with Crippen molar-refractivity contribution in [1.29, 1.82) is 0 Å². The van der Waals surface area contributed by atoms with E-state index in [1.54, 1.807) is 0 Å². The summed E-state index contributed by atoms with van der Waals surface area (Å²) >= 11 is 0. The van der Waals surface area contributed by atoms with E-state index in [1.165, 1.54) is 0 Å². The number of rotatable bonds is 2. The van der Waals surface area contributed by atoms with Crippen LogP contribution in [0.5, 0.6) is 0 Å². The van der Waals surface area contributed by atoms with Gasteiger partial charge in [0.25, 0.3) is 15.5 Å². The van der Waals surface area contributed by atoms with Crippen molar-refractivity contribution >= 4 is 25.4 Å². The van der Waals surface area contributed by atoms with Crippen LogP contribution in [0.15, 0.2) is 17.2 Å². The van der Waals surface area contributed by atoms with Crippen molar-refractivity contribution in [1.82, 2.24) is 4.98 Å². The van der Waals surface area contributed by atoms with Crippen LogP contribution in [0, 0.1) is 0 Å². The van der Waals surface area contributed by atoms with E-state index < -0.39 is 26.1 Å². The van der Waals surface area contributed by atoms with Crippen LogP contribution in [0.4, 0.5) is 14.5 Å². The largest absolute Gasteiger partial charge is 0.396 e. The van der Waals surface area contributed by atoms with Crippen molar-refractivity contribution in [2.45, 2.75) is 11.3 Å². The number of aromatic nitrogens is 1. The second kappa shape index (κ2) is 3.66. The predicted molar refractivity (Wildman–Crippen MR) is 46.6 cm³/mol. The van der Waals surface area contributed by atoms with Gasteiger partial charge in [0.1, 0.15) is 10.6 Å². The van der Waals surface area contributed by atoms with Crippen molar-refractivity contribution < 1.29 is 17.2 Å². The van der Waals surface area contributed by atoms with E-state index in [2.05, 4.69) is 4.98 Å². The zero-order valence-electron chi connectivity index (χ0n) is 6.62. The van der Waals surface area contributed by atoms with Gasteiger partial charge >= 0.3 is 0 Å². The lowest BCUT2D eigenvalue weighted by Gasteiger charge is -2.03. The second-order valence-corrected chi connectivity index (χ2v) is 4.92. The van der Waals surface area contributed by atoms with Gasteiger partial charge in [0.2, 0.25) is 0 Å². The number of nitrogen functional groups attached to an aromatic ring is 1. The highest BCUT2D eigenvalue weighted by Crippen LogP contribution is 2.25. The summed E-state index contributed by atoms with van der Waals surface area (Å²) in [5.74, 6) is 0. The molecule has 0 aliphatic rings. The molecular weight excluding hydrogens is 238 g/mol. The second-order valence-electron chi connectivity index (χ2n) is 2.39. The molecule has 0 saturated heterocycles. The molecule has 0 aliphatic carbocycles. The van der Waals surface area contributed by atoms with Crippen molar-refractivity contribution in [3.05, 3.63) is 18.0 Å². The molecule has 0 fully saturated rings. The third-order valence-corrected chi connectivity index (χ3v) is 2.78. The minimum atomic E-state index is -4.12. The Bertz CT molecular complexity index is 449. The van der Waals surface area contributed by atoms with Gasteiger partial charge < -0.3 is 5.73 Å². The van der Waals surface area contributed by atoms with Crippen LogP contribution in [0.25, 0.3) is 0 Å². The Morgan fingerprint density at radius 3 is 2.50 bits per heavy atom. The van der Waals surface area contributed by atoms with Gasteiger partial charge in [-0.3, -0.25) is 4.98 Å². The molecule has 1 aromatic heterocycles. The first-order valence-electron chi connectivity index (χ1n) is 3.30. The normalized spacial score (nSPS) is 12.0. The molecule has 0 saturated carbocycles. The molecule has 0 spiro atoms. The quantitative estimate of drug-likeness (QED) is 0.798. The Labute approximate surface area is 83.1 Å². The average molecular weight is 243 g/mol. The fraction of sp³-hybridized carbons (Fsp3) is 0.167. The maximum absolute atomic E-state index is 12.1. The topological polar surface area (TPSA) is 73.0 Å². The number of alkyl halides is 2. The van der Waals surface area contributed by atoms with E-state index in [1.807, 2.05) is 0 Å². The number of halogens is 3. The van der Waals surface area contributed by atoms with E-state index in [-0.39, 0.29) is 5.69 Å². The van der Waals surface area contributed by atoms with Crippen LogP contribution >= 0.6 is 10.7 Å². The molecular formula is C6H5ClF2N2O2S. The molecule has 8 heteroatoms. The molecule has 0 radical (unpaired) electrons. The highest BCUT2D eigenvalue weighted by atomic mass is 35.7. The Morgan fingerprint density at radius 1 is 1.50 bits per heavy atom. The van der Waals surface area contributed by atoms with Crippen molar-refractivity contribution in [3.63, 3.8) is 0 Å². The van der Waals surface area contributed by atoms with Crippen molar-refractivity contribution in [2.24, 2.45) is 0 Å². The molecule has 1 rings (SSSR count). The monoisotopic (exact) mass is 242 g/mol. The Balaban J connectivity index is 3.37. The fourth-order valence-corrected chi connectivity index (χ4v) is 1.79. The number of nitrogens with zero attached hydrogens (tertiary/aromatic N) is 1. The lowest BCUT2D eigenvalue weighted by molar-refractivity contribution is 0.146. The summed E-state index contributed by atoms with van der Waals surface area (Å²) in [5, 5.41) is 0. The van der Waals surface area contributed by atoms with Crippen LogP contribution in [-0.4, -0.2) is 13.4 Å². The molecule has 78 valence electrons. The number of anilines is 1. The van der Waals surface area contributed by atoms with E-state index in [0.29, 0.717) is 6.07 Å². The molecule has 0 atom stereocenters. The van der Waals surface area contributed by atoms with Crippen LogP contribution in [0.1, 0.15) is 12.1 Å². The first-order valence-corrected chi connectivity index (χ1v) is 5.61. The summed E-state index contributed by atoms with van der Waals surface area (Å²) in [4.78, 5) is 2.70. The highest BCUT2D eigenvalue weighted by molar-refractivity contribution is 8.13. The van der Waals surface area contributed by atoms with E-state index >= 15 is 0 Å². The smallest absolute Gasteiger partial charge is 0.280 e. The Kier molecular flexibility index (Phi) is 2.91. The molecule has 0 unspecified atom stereocenters. The SMILES string of the molecule is Nc1cnc(C(F)F)cc1S(=O)(=O)Cl. The van der Waals surface area contributed by atoms with E-state index in [9.17, 15) is 17.2 Å². The summed E-state index contributed by atoms with van der Waals surface area (Å²) < 4.78 is 45.9. The van der Waals surface area contributed by atoms with E-state index in [0.717, 1.165) is 6.20 Å². The lowest BCUT2D eigenvalue weighted by Crippen LogP contribution is -2.02. The molecule has 14 heavy (non-hydrogen) atoms. The first kappa shape index (κ1) is 11.1. The fourth-order valence-electron chi connectivity index (χ4n) is 0.793. The van der Waals surface area contributed by atoms with Crippen LogP contribution < -0.4 is 5.73 Å². The third-order valence-electron chi connectivity index (χ3n) is 1.40. The molecule has 0 amide bonds. The molecule has 1 aromatic rings. The van der Waals surface area contributed by atoms with E-state index in [4.69, 9.17) is 16.4 Å². The van der Waals surface area contributed by atoms with Gasteiger partial charge in [-0.1, -0.05) is 0 Å². The average Bonchev–Trinajstić information content (AvgIpc) is 2.02. The van der Waals surface area contributed by atoms with Gasteiger partial charge in [0.05, 0.1) is 11.9 Å². The van der Waals surface area contributed by atoms with Gasteiger partial charge in [-0.2, -0.15) is 0 Å². The van der Waals surface area contributed by atoms with Gasteiger partial charge in [-0.25, -0.2) is 17.2 Å². The summed E-state index contributed by atoms with van der Waals surface area (Å²) in [6, 6.07) is 0.655. The summed E-state index contributed by atoms with van der Waals surface area (Å²) in [6.07, 6.45) is -2.04. The Hall–Kier alpha value is -0.950. The highest BCUT2D eigenvalue weighted by Gasteiger charge is 2.18. The number of nitrogens with two attached hydrogens (primary N) is 1. The van der Waals surface area contributed by atoms with Crippen LogP contribution in [-0.2, 0) is 9.05 Å². The minimum Gasteiger partial charge on any atom is -0.396 e. The zero-order chi connectivity index (χ0) is 10.9. The maximum atomic E-state index is 12.1. The molecule has 1 heterocycles. The first-order chi connectivity index (χ1) is 6.32. The van der Waals surface area contributed by atoms with Gasteiger partial charge in [-0.15, -0.1) is 0 Å². The predicted octanol–water partition coefficient (Wildman–Crippen LogP) is 1.53. The summed E-state index contributed by atoms with van der Waals surface area (Å²) in [7, 11) is 0.844. The van der Waals surface area contributed by atoms with Crippen molar-refractivity contribution in [2.75, 3.05) is 5.73 Å². The molecule has 4 nitrogen and oxygen atoms in total. The zero-order valence-corrected chi connectivity index (χ0v) is 8.19. The van der Waals surface area contributed by atoms with Gasteiger partial charge in [0.15, 0.2) is 0 Å². The molecule has 2 N–H and O–H groups in total. The summed E-state index contributed by atoms with van der Waals surface area (Å²) in [5.41, 5.74) is 4.26. The molecule has 0 aromatic carbocycles. The lowest BCUT2D eigenvalue weighted by atomic mass is 10.3. The maximum Gasteiger partial charge on any atom is 0.280 e. The van der Waals surface area contributed by atoms with Gasteiger partial charge in [-0.05, 0) is 6.07 Å². The van der Waals surface area contributed by atoms with Crippen molar-refractivity contribution in [3.8, 4) is 0 Å². The standard InChI is InChI=1S/C6H5ClF2N2O2S/c7-14(12,13)5-1-4(6(8)9)11-2-3(5)10/h1-2,6H,10H2. The molecule has 0 aliphatic heterocycles. The van der Waals surface area contributed by atoms with Crippen LogP contribution in [0.2, 0.25) is 0 Å². The summed E-state index contributed by atoms with van der Waals surface area (Å²) in [6.45, 7) is 0. The number of hydrogen-bond acceptors (Lipinski definition) is 4. The number of pyridine rings is 1.